The van der Waals surface area contributed by atoms with Crippen molar-refractivity contribution in [2.75, 3.05) is 0 Å². The zero-order valence-corrected chi connectivity index (χ0v) is 13.7. The highest BCUT2D eigenvalue weighted by molar-refractivity contribution is 7.13. The van der Waals surface area contributed by atoms with Gasteiger partial charge < -0.3 is 4.74 Å². The summed E-state index contributed by atoms with van der Waals surface area (Å²) in [6, 6.07) is 10.4. The fourth-order valence-corrected chi connectivity index (χ4v) is 3.16. The van der Waals surface area contributed by atoms with E-state index in [2.05, 4.69) is 4.98 Å². The number of benzene rings is 2. The Balaban J connectivity index is 1.78. The number of thiazole rings is 1. The van der Waals surface area contributed by atoms with E-state index in [0.29, 0.717) is 15.7 Å². The molecule has 0 amide bonds. The van der Waals surface area contributed by atoms with Gasteiger partial charge in [0, 0.05) is 23.1 Å². The molecule has 5 nitrogen and oxygen atoms in total. The van der Waals surface area contributed by atoms with Gasteiger partial charge >= 0.3 is 5.69 Å². The van der Waals surface area contributed by atoms with E-state index in [1.165, 1.54) is 11.3 Å². The van der Waals surface area contributed by atoms with E-state index in [4.69, 9.17) is 16.3 Å². The molecule has 0 atom stereocenters. The molecule has 24 heavy (non-hydrogen) atoms. The fraction of sp³-hybridized carbons (Fsp3) is 0.0625. The molecule has 0 saturated heterocycles. The molecule has 0 spiro atoms. The van der Waals surface area contributed by atoms with Crippen LogP contribution in [-0.4, -0.2) is 9.91 Å². The second kappa shape index (κ2) is 6.94. The molecule has 0 saturated carbocycles. The SMILES string of the molecule is O=[N+]([O-])c1ccc(F)cc1OCc1csc(-c2ccccc2Cl)n1. The van der Waals surface area contributed by atoms with E-state index in [0.717, 1.165) is 23.8 Å². The van der Waals surface area contributed by atoms with E-state index in [1.807, 2.05) is 18.2 Å². The Kier molecular flexibility index (Phi) is 4.73. The minimum atomic E-state index is -0.620. The molecule has 0 bridgehead atoms. The largest absolute Gasteiger partial charge is 0.480 e. The Morgan fingerprint density at radius 3 is 2.83 bits per heavy atom. The maximum atomic E-state index is 13.3. The highest BCUT2D eigenvalue weighted by Crippen LogP contribution is 2.31. The van der Waals surface area contributed by atoms with E-state index < -0.39 is 10.7 Å². The number of aromatic nitrogens is 1. The Bertz CT molecular complexity index is 901. The van der Waals surface area contributed by atoms with Gasteiger partial charge in [0.05, 0.1) is 15.6 Å². The summed E-state index contributed by atoms with van der Waals surface area (Å²) in [5.74, 6) is -0.738. The van der Waals surface area contributed by atoms with Crippen LogP contribution in [0.25, 0.3) is 10.6 Å². The van der Waals surface area contributed by atoms with Gasteiger partial charge in [-0.15, -0.1) is 11.3 Å². The predicted molar refractivity (Wildman–Crippen MR) is 89.9 cm³/mol. The third-order valence-electron chi connectivity index (χ3n) is 3.15. The van der Waals surface area contributed by atoms with E-state index in [1.54, 1.807) is 11.4 Å². The molecule has 1 aromatic heterocycles. The number of hydrogen-bond donors (Lipinski definition) is 0. The monoisotopic (exact) mass is 364 g/mol. The van der Waals surface area contributed by atoms with Crippen LogP contribution in [0.1, 0.15) is 5.69 Å². The quantitative estimate of drug-likeness (QED) is 0.467. The molecule has 0 fully saturated rings. The summed E-state index contributed by atoms with van der Waals surface area (Å²) in [4.78, 5) is 14.7. The van der Waals surface area contributed by atoms with Gasteiger partial charge in [-0.2, -0.15) is 0 Å². The molecule has 0 N–H and O–H groups in total. The predicted octanol–water partition coefficient (Wildman–Crippen LogP) is 5.09. The number of hydrogen-bond acceptors (Lipinski definition) is 5. The van der Waals surface area contributed by atoms with E-state index in [-0.39, 0.29) is 18.0 Å². The number of nitrogens with zero attached hydrogens (tertiary/aromatic N) is 2. The summed E-state index contributed by atoms with van der Waals surface area (Å²) in [5.41, 5.74) is 1.08. The van der Waals surface area contributed by atoms with E-state index >= 15 is 0 Å². The second-order valence-corrected chi connectivity index (χ2v) is 6.05. The molecule has 122 valence electrons. The molecule has 3 rings (SSSR count). The van der Waals surface area contributed by atoms with E-state index in [9.17, 15) is 14.5 Å². The Morgan fingerprint density at radius 2 is 2.08 bits per heavy atom. The van der Waals surface area contributed by atoms with Crippen molar-refractivity contribution < 1.29 is 14.1 Å². The van der Waals surface area contributed by atoms with Crippen LogP contribution in [0.4, 0.5) is 10.1 Å². The minimum absolute atomic E-state index is 0.00868. The summed E-state index contributed by atoms with van der Waals surface area (Å²) in [5, 5.41) is 14.0. The summed E-state index contributed by atoms with van der Waals surface area (Å²) < 4.78 is 18.6. The van der Waals surface area contributed by atoms with Crippen molar-refractivity contribution in [3.63, 3.8) is 0 Å². The van der Waals surface area contributed by atoms with Gasteiger partial charge in [-0.1, -0.05) is 29.8 Å². The van der Waals surface area contributed by atoms with Crippen LogP contribution in [0, 0.1) is 15.9 Å². The molecule has 0 aliphatic heterocycles. The number of halogens is 2. The smallest absolute Gasteiger partial charge is 0.311 e. The summed E-state index contributed by atoms with van der Waals surface area (Å²) >= 11 is 7.51. The molecule has 0 unspecified atom stereocenters. The van der Waals surface area contributed by atoms with Gasteiger partial charge in [-0.3, -0.25) is 10.1 Å². The Labute approximate surface area is 145 Å². The molecule has 0 aliphatic rings. The zero-order valence-electron chi connectivity index (χ0n) is 12.1. The maximum Gasteiger partial charge on any atom is 0.311 e. The molecule has 0 radical (unpaired) electrons. The fourth-order valence-electron chi connectivity index (χ4n) is 2.04. The minimum Gasteiger partial charge on any atom is -0.480 e. The molecule has 1 heterocycles. The average molecular weight is 365 g/mol. The van der Waals surface area contributed by atoms with Crippen molar-refractivity contribution in [1.29, 1.82) is 0 Å². The molecular weight excluding hydrogens is 355 g/mol. The first-order valence-electron chi connectivity index (χ1n) is 6.80. The molecule has 8 heteroatoms. The number of ether oxygens (including phenoxy) is 1. The molecular formula is C16H10ClFN2O3S. The van der Waals surface area contributed by atoms with Gasteiger partial charge in [0.25, 0.3) is 0 Å². The van der Waals surface area contributed by atoms with Gasteiger partial charge in [0.2, 0.25) is 0 Å². The number of nitro benzene ring substituents is 1. The highest BCUT2D eigenvalue weighted by atomic mass is 35.5. The first kappa shape index (κ1) is 16.4. The number of nitro groups is 1. The van der Waals surface area contributed by atoms with Gasteiger partial charge in [-0.05, 0) is 12.1 Å². The number of rotatable bonds is 5. The third-order valence-corrected chi connectivity index (χ3v) is 4.40. The lowest BCUT2D eigenvalue weighted by atomic mass is 10.2. The van der Waals surface area contributed by atoms with Crippen molar-refractivity contribution in [3.8, 4) is 16.3 Å². The lowest BCUT2D eigenvalue weighted by molar-refractivity contribution is -0.386. The van der Waals surface area contributed by atoms with Crippen LogP contribution in [0.3, 0.4) is 0 Å². The van der Waals surface area contributed by atoms with Gasteiger partial charge in [0.15, 0.2) is 5.75 Å². The average Bonchev–Trinajstić information content (AvgIpc) is 3.02. The van der Waals surface area contributed by atoms with Crippen molar-refractivity contribution in [2.45, 2.75) is 6.61 Å². The topological polar surface area (TPSA) is 65.3 Å². The van der Waals surface area contributed by atoms with Crippen LogP contribution in [0.2, 0.25) is 5.02 Å². The van der Waals surface area contributed by atoms with Gasteiger partial charge in [0.1, 0.15) is 17.4 Å². The zero-order chi connectivity index (χ0) is 17.1. The van der Waals surface area contributed by atoms with Crippen LogP contribution in [0.15, 0.2) is 47.8 Å². The molecule has 2 aromatic carbocycles. The molecule has 3 aromatic rings. The Hall–Kier alpha value is -2.51. The first-order valence-corrected chi connectivity index (χ1v) is 8.06. The van der Waals surface area contributed by atoms with Crippen LogP contribution >= 0.6 is 22.9 Å². The molecule has 0 aliphatic carbocycles. The Morgan fingerprint density at radius 1 is 1.29 bits per heavy atom. The van der Waals surface area contributed by atoms with Crippen molar-refractivity contribution in [3.05, 3.63) is 74.5 Å². The van der Waals surface area contributed by atoms with Crippen molar-refractivity contribution >= 4 is 28.6 Å². The van der Waals surface area contributed by atoms with Crippen LogP contribution < -0.4 is 4.74 Å². The summed E-state index contributed by atoms with van der Waals surface area (Å²) in [6.45, 7) is -0.00868. The van der Waals surface area contributed by atoms with Crippen LogP contribution in [0.5, 0.6) is 5.75 Å². The first-order chi connectivity index (χ1) is 11.5. The summed E-state index contributed by atoms with van der Waals surface area (Å²) in [7, 11) is 0. The lowest BCUT2D eigenvalue weighted by Gasteiger charge is -2.05. The normalized spacial score (nSPS) is 10.6. The maximum absolute atomic E-state index is 13.3. The van der Waals surface area contributed by atoms with Crippen molar-refractivity contribution in [2.24, 2.45) is 0 Å². The van der Waals surface area contributed by atoms with Crippen LogP contribution in [-0.2, 0) is 6.61 Å². The summed E-state index contributed by atoms with van der Waals surface area (Å²) in [6.07, 6.45) is 0. The van der Waals surface area contributed by atoms with Gasteiger partial charge in [-0.25, -0.2) is 9.37 Å². The standard InChI is InChI=1S/C16H10ClFN2O3S/c17-13-4-2-1-3-12(13)16-19-11(9-24-16)8-23-15-7-10(18)5-6-14(15)20(21)22/h1-7,9H,8H2. The second-order valence-electron chi connectivity index (χ2n) is 4.78. The van der Waals surface area contributed by atoms with Crippen molar-refractivity contribution in [1.82, 2.24) is 4.98 Å². The highest BCUT2D eigenvalue weighted by Gasteiger charge is 2.17. The lowest BCUT2D eigenvalue weighted by Crippen LogP contribution is -2.00. The third kappa shape index (κ3) is 3.52.